The SMILES string of the molecule is N#Cc1cnc2c(Br)ccc(Br)c2c1N. The van der Waals surface area contributed by atoms with Crippen LogP contribution in [0, 0.1) is 11.3 Å². The van der Waals surface area contributed by atoms with E-state index in [1.807, 2.05) is 18.2 Å². The minimum Gasteiger partial charge on any atom is -0.397 e. The van der Waals surface area contributed by atoms with Gasteiger partial charge in [-0.1, -0.05) is 15.9 Å². The Bertz CT molecular complexity index is 587. The molecule has 3 nitrogen and oxygen atoms in total. The van der Waals surface area contributed by atoms with Crippen LogP contribution in [-0.4, -0.2) is 4.98 Å². The number of hydrogen-bond donors (Lipinski definition) is 1. The molecule has 2 aromatic rings. The van der Waals surface area contributed by atoms with Crippen molar-refractivity contribution in [2.45, 2.75) is 0 Å². The molecule has 15 heavy (non-hydrogen) atoms. The van der Waals surface area contributed by atoms with Crippen LogP contribution in [0.25, 0.3) is 10.9 Å². The van der Waals surface area contributed by atoms with Gasteiger partial charge in [-0.15, -0.1) is 0 Å². The van der Waals surface area contributed by atoms with Crippen molar-refractivity contribution in [1.82, 2.24) is 4.98 Å². The second kappa shape index (κ2) is 3.80. The Balaban J connectivity index is 3.00. The van der Waals surface area contributed by atoms with Gasteiger partial charge in [0.1, 0.15) is 6.07 Å². The van der Waals surface area contributed by atoms with Gasteiger partial charge in [0.2, 0.25) is 0 Å². The number of nitrogens with zero attached hydrogens (tertiary/aromatic N) is 2. The summed E-state index contributed by atoms with van der Waals surface area (Å²) in [6.45, 7) is 0. The highest BCUT2D eigenvalue weighted by Crippen LogP contribution is 2.33. The smallest absolute Gasteiger partial charge is 0.103 e. The highest BCUT2D eigenvalue weighted by molar-refractivity contribution is 9.11. The molecule has 0 saturated carbocycles. The Morgan fingerprint density at radius 1 is 1.27 bits per heavy atom. The van der Waals surface area contributed by atoms with Crippen LogP contribution in [0.3, 0.4) is 0 Å². The molecule has 1 heterocycles. The molecule has 0 spiro atoms. The summed E-state index contributed by atoms with van der Waals surface area (Å²) in [5.74, 6) is 0. The Labute approximate surface area is 103 Å². The summed E-state index contributed by atoms with van der Waals surface area (Å²) in [7, 11) is 0. The summed E-state index contributed by atoms with van der Waals surface area (Å²) in [5.41, 5.74) is 7.48. The van der Waals surface area contributed by atoms with Crippen LogP contribution in [-0.2, 0) is 0 Å². The van der Waals surface area contributed by atoms with E-state index in [0.29, 0.717) is 11.3 Å². The number of aromatic nitrogens is 1. The van der Waals surface area contributed by atoms with Gasteiger partial charge in [-0.3, -0.25) is 4.98 Å². The third kappa shape index (κ3) is 1.60. The minimum atomic E-state index is 0.390. The van der Waals surface area contributed by atoms with Crippen molar-refractivity contribution in [1.29, 1.82) is 5.26 Å². The second-order valence-electron chi connectivity index (χ2n) is 2.95. The monoisotopic (exact) mass is 325 g/mol. The Morgan fingerprint density at radius 3 is 2.60 bits per heavy atom. The van der Waals surface area contributed by atoms with Crippen LogP contribution in [0.1, 0.15) is 5.56 Å². The van der Waals surface area contributed by atoms with Crippen LogP contribution in [0.4, 0.5) is 5.69 Å². The number of fused-ring (bicyclic) bond motifs is 1. The fourth-order valence-corrected chi connectivity index (χ4v) is 2.31. The lowest BCUT2D eigenvalue weighted by atomic mass is 10.1. The fraction of sp³-hybridized carbons (Fsp3) is 0. The van der Waals surface area contributed by atoms with E-state index in [9.17, 15) is 0 Å². The molecule has 5 heteroatoms. The number of halogens is 2. The maximum Gasteiger partial charge on any atom is 0.103 e. The number of pyridine rings is 1. The van der Waals surface area contributed by atoms with E-state index in [1.165, 1.54) is 6.20 Å². The number of nitrogen functional groups attached to an aromatic ring is 1. The first kappa shape index (κ1) is 10.4. The number of hydrogen-bond acceptors (Lipinski definition) is 3. The maximum atomic E-state index is 8.84. The predicted octanol–water partition coefficient (Wildman–Crippen LogP) is 3.21. The Morgan fingerprint density at radius 2 is 1.93 bits per heavy atom. The number of nitriles is 1. The summed E-state index contributed by atoms with van der Waals surface area (Å²) in [4.78, 5) is 4.19. The van der Waals surface area contributed by atoms with Gasteiger partial charge in [-0.2, -0.15) is 5.26 Å². The fourth-order valence-electron chi connectivity index (χ4n) is 1.35. The molecule has 2 rings (SSSR count). The normalized spacial score (nSPS) is 10.2. The molecule has 0 saturated heterocycles. The van der Waals surface area contributed by atoms with Crippen LogP contribution < -0.4 is 5.73 Å². The van der Waals surface area contributed by atoms with Gasteiger partial charge in [-0.25, -0.2) is 0 Å². The lowest BCUT2D eigenvalue weighted by Gasteiger charge is -2.06. The number of nitrogens with two attached hydrogens (primary N) is 1. The van der Waals surface area contributed by atoms with Crippen LogP contribution >= 0.6 is 31.9 Å². The van der Waals surface area contributed by atoms with E-state index >= 15 is 0 Å². The second-order valence-corrected chi connectivity index (χ2v) is 4.66. The molecule has 0 atom stereocenters. The molecule has 1 aromatic heterocycles. The summed E-state index contributed by atoms with van der Waals surface area (Å²) in [6.07, 6.45) is 1.48. The van der Waals surface area contributed by atoms with E-state index in [1.54, 1.807) is 0 Å². The van der Waals surface area contributed by atoms with Gasteiger partial charge in [0.15, 0.2) is 0 Å². The zero-order valence-electron chi connectivity index (χ0n) is 7.46. The quantitative estimate of drug-likeness (QED) is 0.808. The van der Waals surface area contributed by atoms with Crippen LogP contribution in [0.15, 0.2) is 27.3 Å². The maximum absolute atomic E-state index is 8.84. The van der Waals surface area contributed by atoms with Gasteiger partial charge in [-0.05, 0) is 28.1 Å². The molecular weight excluding hydrogens is 322 g/mol. The van der Waals surface area contributed by atoms with Crippen molar-refractivity contribution in [3.63, 3.8) is 0 Å². The average Bonchev–Trinajstić information content (AvgIpc) is 2.23. The molecule has 0 radical (unpaired) electrons. The number of benzene rings is 1. The average molecular weight is 327 g/mol. The number of rotatable bonds is 0. The first-order valence-electron chi connectivity index (χ1n) is 4.07. The van der Waals surface area contributed by atoms with E-state index in [2.05, 4.69) is 36.8 Å². The molecule has 2 N–H and O–H groups in total. The van der Waals surface area contributed by atoms with Crippen molar-refractivity contribution in [2.75, 3.05) is 5.73 Å². The molecule has 0 amide bonds. The predicted molar refractivity (Wildman–Crippen MR) is 66.3 cm³/mol. The van der Waals surface area contributed by atoms with Gasteiger partial charge in [0.05, 0.1) is 16.8 Å². The lowest BCUT2D eigenvalue weighted by Crippen LogP contribution is -1.95. The van der Waals surface area contributed by atoms with E-state index < -0.39 is 0 Å². The molecule has 0 aliphatic rings. The molecule has 0 fully saturated rings. The van der Waals surface area contributed by atoms with Crippen LogP contribution in [0.2, 0.25) is 0 Å². The van der Waals surface area contributed by atoms with E-state index in [4.69, 9.17) is 11.0 Å². The molecule has 0 aliphatic carbocycles. The van der Waals surface area contributed by atoms with Gasteiger partial charge in [0, 0.05) is 20.5 Å². The molecule has 0 bridgehead atoms. The van der Waals surface area contributed by atoms with Gasteiger partial charge in [0.25, 0.3) is 0 Å². The topological polar surface area (TPSA) is 62.7 Å². The van der Waals surface area contributed by atoms with Crippen molar-refractivity contribution < 1.29 is 0 Å². The summed E-state index contributed by atoms with van der Waals surface area (Å²) in [5, 5.41) is 9.61. The number of anilines is 1. The minimum absolute atomic E-state index is 0.390. The molecular formula is C10H5Br2N3. The summed E-state index contributed by atoms with van der Waals surface area (Å²) < 4.78 is 1.69. The highest BCUT2D eigenvalue weighted by atomic mass is 79.9. The standard InChI is InChI=1S/C10H5Br2N3/c11-6-1-2-7(12)10-8(6)9(14)5(3-13)4-15-10/h1-2,4H,(H2,14,15). The third-order valence-corrected chi connectivity index (χ3v) is 3.38. The molecule has 74 valence electrons. The zero-order valence-corrected chi connectivity index (χ0v) is 10.6. The molecule has 0 aliphatic heterocycles. The molecule has 0 unspecified atom stereocenters. The van der Waals surface area contributed by atoms with Crippen molar-refractivity contribution in [3.05, 3.63) is 32.8 Å². The first-order chi connectivity index (χ1) is 7.15. The van der Waals surface area contributed by atoms with Gasteiger partial charge < -0.3 is 5.73 Å². The lowest BCUT2D eigenvalue weighted by molar-refractivity contribution is 1.36. The third-order valence-electron chi connectivity index (χ3n) is 2.08. The first-order valence-corrected chi connectivity index (χ1v) is 5.66. The summed E-state index contributed by atoms with van der Waals surface area (Å²) in [6, 6.07) is 5.76. The summed E-state index contributed by atoms with van der Waals surface area (Å²) >= 11 is 6.78. The van der Waals surface area contributed by atoms with Gasteiger partial charge >= 0.3 is 0 Å². The highest BCUT2D eigenvalue weighted by Gasteiger charge is 2.10. The largest absolute Gasteiger partial charge is 0.397 e. The van der Waals surface area contributed by atoms with E-state index in [0.717, 1.165) is 19.8 Å². The zero-order chi connectivity index (χ0) is 11.0. The molecule has 1 aromatic carbocycles. The Hall–Kier alpha value is -1.12. The van der Waals surface area contributed by atoms with Crippen molar-refractivity contribution in [3.8, 4) is 6.07 Å². The Kier molecular flexibility index (Phi) is 2.63. The van der Waals surface area contributed by atoms with E-state index in [-0.39, 0.29) is 0 Å². The van der Waals surface area contributed by atoms with Crippen molar-refractivity contribution in [2.24, 2.45) is 0 Å². The van der Waals surface area contributed by atoms with Crippen LogP contribution in [0.5, 0.6) is 0 Å². The van der Waals surface area contributed by atoms with Crippen molar-refractivity contribution >= 4 is 48.5 Å².